The number of aryl methyl sites for hydroxylation is 1. The molecule has 0 saturated carbocycles. The number of hydrogen-bond acceptors (Lipinski definition) is 6. The third kappa shape index (κ3) is 7.23. The van der Waals surface area contributed by atoms with Crippen molar-refractivity contribution in [3.63, 3.8) is 0 Å². The van der Waals surface area contributed by atoms with E-state index in [1.54, 1.807) is 30.0 Å². The van der Waals surface area contributed by atoms with Crippen LogP contribution in [0.2, 0.25) is 0 Å². The molecule has 0 amide bonds. The molecule has 0 aliphatic heterocycles. The summed E-state index contributed by atoms with van der Waals surface area (Å²) >= 11 is 0. The van der Waals surface area contributed by atoms with Crippen molar-refractivity contribution in [2.45, 2.75) is 19.6 Å². The molecule has 3 rings (SSSR count). The van der Waals surface area contributed by atoms with Crippen molar-refractivity contribution >= 4 is 0 Å². The van der Waals surface area contributed by atoms with Crippen LogP contribution in [-0.2, 0) is 16.0 Å². The Labute approximate surface area is 200 Å². The lowest BCUT2D eigenvalue weighted by molar-refractivity contribution is 0.0192. The zero-order valence-electron chi connectivity index (χ0n) is 19.7. The zero-order chi connectivity index (χ0) is 24.3. The largest absolute Gasteiger partial charge is 0.438 e. The van der Waals surface area contributed by atoms with Gasteiger partial charge in [-0.25, -0.2) is 9.07 Å². The quantitative estimate of drug-likeness (QED) is 0.283. The Morgan fingerprint density at radius 3 is 2.71 bits per heavy atom. The van der Waals surface area contributed by atoms with Crippen molar-refractivity contribution < 1.29 is 23.7 Å². The monoisotopic (exact) mass is 469 g/mol. The number of nitrogens with zero attached hydrogens (tertiary/aromatic N) is 3. The minimum atomic E-state index is -0.686. The van der Waals surface area contributed by atoms with Crippen molar-refractivity contribution in [2.75, 3.05) is 40.0 Å². The molecule has 0 saturated heterocycles. The summed E-state index contributed by atoms with van der Waals surface area (Å²) < 4.78 is 32.4. The van der Waals surface area contributed by atoms with Crippen LogP contribution in [0.15, 0.2) is 67.3 Å². The molecule has 8 heteroatoms. The third-order valence-corrected chi connectivity index (χ3v) is 5.16. The number of rotatable bonds is 14. The molecule has 0 aliphatic rings. The van der Waals surface area contributed by atoms with Crippen LogP contribution in [0, 0.1) is 12.7 Å². The summed E-state index contributed by atoms with van der Waals surface area (Å²) in [7, 11) is 1.64. The highest BCUT2D eigenvalue weighted by Gasteiger charge is 2.22. The van der Waals surface area contributed by atoms with Gasteiger partial charge in [-0.3, -0.25) is 4.90 Å². The van der Waals surface area contributed by atoms with Gasteiger partial charge in [-0.1, -0.05) is 30.3 Å². The van der Waals surface area contributed by atoms with Crippen molar-refractivity contribution in [1.29, 1.82) is 0 Å². The van der Waals surface area contributed by atoms with E-state index in [0.717, 1.165) is 16.9 Å². The molecule has 3 aromatic rings. The summed E-state index contributed by atoms with van der Waals surface area (Å²) in [4.78, 5) is 2.06. The molecule has 1 aromatic heterocycles. The Hall–Kier alpha value is -3.04. The van der Waals surface area contributed by atoms with Crippen LogP contribution in [0.4, 0.5) is 4.39 Å². The van der Waals surface area contributed by atoms with Gasteiger partial charge in [0.15, 0.2) is 0 Å². The van der Waals surface area contributed by atoms with Crippen molar-refractivity contribution in [2.24, 2.45) is 0 Å². The van der Waals surface area contributed by atoms with E-state index in [2.05, 4.69) is 11.5 Å². The summed E-state index contributed by atoms with van der Waals surface area (Å²) in [5.74, 6) is 0.486. The fraction of sp³-hybridized carbons (Fsp3) is 0.346. The minimum Gasteiger partial charge on any atom is -0.438 e. The summed E-state index contributed by atoms with van der Waals surface area (Å²) in [6, 6.07) is 15.6. The SMILES string of the molecule is C=CCOC[C@H](O)CN(CCOC)Cc1c(C)nn(-c2ccccc2)c1Oc1cccc(F)c1. The van der Waals surface area contributed by atoms with E-state index in [9.17, 15) is 9.50 Å². The van der Waals surface area contributed by atoms with E-state index in [-0.39, 0.29) is 12.4 Å². The number of para-hydroxylation sites is 1. The Morgan fingerprint density at radius 1 is 1.21 bits per heavy atom. The zero-order valence-corrected chi connectivity index (χ0v) is 19.7. The van der Waals surface area contributed by atoms with Crippen molar-refractivity contribution in [1.82, 2.24) is 14.7 Å². The first-order chi connectivity index (χ1) is 16.5. The second-order valence-corrected chi connectivity index (χ2v) is 7.88. The third-order valence-electron chi connectivity index (χ3n) is 5.16. The number of aliphatic hydroxyl groups is 1. The Balaban J connectivity index is 1.92. The van der Waals surface area contributed by atoms with Gasteiger partial charge < -0.3 is 19.3 Å². The van der Waals surface area contributed by atoms with E-state index >= 15 is 0 Å². The van der Waals surface area contributed by atoms with Gasteiger partial charge in [-0.2, -0.15) is 5.10 Å². The fourth-order valence-corrected chi connectivity index (χ4v) is 3.53. The highest BCUT2D eigenvalue weighted by molar-refractivity contribution is 5.43. The van der Waals surface area contributed by atoms with Crippen LogP contribution >= 0.6 is 0 Å². The molecule has 1 N–H and O–H groups in total. The van der Waals surface area contributed by atoms with Crippen molar-refractivity contribution in [3.05, 3.63) is 84.3 Å². The van der Waals surface area contributed by atoms with Gasteiger partial charge in [0.1, 0.15) is 11.6 Å². The first-order valence-electron chi connectivity index (χ1n) is 11.2. The average molecular weight is 470 g/mol. The summed E-state index contributed by atoms with van der Waals surface area (Å²) in [6.45, 7) is 8.01. The number of halogens is 1. The van der Waals surface area contributed by atoms with Crippen molar-refractivity contribution in [3.8, 4) is 17.3 Å². The highest BCUT2D eigenvalue weighted by Crippen LogP contribution is 2.32. The van der Waals surface area contributed by atoms with Gasteiger partial charge in [0, 0.05) is 32.8 Å². The summed E-state index contributed by atoms with van der Waals surface area (Å²) in [6.07, 6.45) is 0.959. The smallest absolute Gasteiger partial charge is 0.227 e. The highest BCUT2D eigenvalue weighted by atomic mass is 19.1. The van der Waals surface area contributed by atoms with Crippen LogP contribution in [0.5, 0.6) is 11.6 Å². The molecule has 182 valence electrons. The van der Waals surface area contributed by atoms with Gasteiger partial charge in [-0.05, 0) is 31.2 Å². The predicted molar refractivity (Wildman–Crippen MR) is 129 cm³/mol. The predicted octanol–water partition coefficient (Wildman–Crippen LogP) is 4.12. The Bertz CT molecular complexity index is 1040. The molecular weight excluding hydrogens is 437 g/mol. The molecule has 0 fully saturated rings. The number of hydrogen-bond donors (Lipinski definition) is 1. The summed E-state index contributed by atoms with van der Waals surface area (Å²) in [5, 5.41) is 15.2. The molecule has 2 aromatic carbocycles. The fourth-order valence-electron chi connectivity index (χ4n) is 3.53. The van der Waals surface area contributed by atoms with E-state index in [0.29, 0.717) is 44.5 Å². The molecular formula is C26H32FN3O4. The number of methoxy groups -OCH3 is 1. The maximum Gasteiger partial charge on any atom is 0.227 e. The van der Waals surface area contributed by atoms with Crippen LogP contribution in [0.1, 0.15) is 11.3 Å². The molecule has 1 heterocycles. The van der Waals surface area contributed by atoms with Gasteiger partial charge in [0.2, 0.25) is 5.88 Å². The van der Waals surface area contributed by atoms with E-state index < -0.39 is 6.10 Å². The van der Waals surface area contributed by atoms with Gasteiger partial charge in [0.25, 0.3) is 0 Å². The van der Waals surface area contributed by atoms with Crippen LogP contribution in [0.3, 0.4) is 0 Å². The molecule has 0 bridgehead atoms. The van der Waals surface area contributed by atoms with Gasteiger partial charge in [0.05, 0.1) is 42.9 Å². The van der Waals surface area contributed by atoms with Gasteiger partial charge >= 0.3 is 0 Å². The van der Waals surface area contributed by atoms with E-state index in [4.69, 9.17) is 19.3 Å². The maximum atomic E-state index is 13.8. The minimum absolute atomic E-state index is 0.199. The number of benzene rings is 2. The average Bonchev–Trinajstić information content (AvgIpc) is 3.13. The molecule has 0 radical (unpaired) electrons. The van der Waals surface area contributed by atoms with Gasteiger partial charge in [-0.15, -0.1) is 6.58 Å². The lowest BCUT2D eigenvalue weighted by Gasteiger charge is -2.25. The lowest BCUT2D eigenvalue weighted by Crippen LogP contribution is -2.36. The van der Waals surface area contributed by atoms with Crippen LogP contribution in [-0.4, -0.2) is 65.9 Å². The molecule has 7 nitrogen and oxygen atoms in total. The normalized spacial score (nSPS) is 12.1. The molecule has 0 spiro atoms. The second kappa shape index (κ2) is 13.0. The molecule has 34 heavy (non-hydrogen) atoms. The maximum absolute atomic E-state index is 13.8. The number of ether oxygens (including phenoxy) is 3. The molecule has 0 aliphatic carbocycles. The first kappa shape index (κ1) is 25.6. The molecule has 1 atom stereocenters. The number of aliphatic hydroxyl groups excluding tert-OH is 1. The van der Waals surface area contributed by atoms with Crippen LogP contribution in [0.25, 0.3) is 5.69 Å². The van der Waals surface area contributed by atoms with E-state index in [1.165, 1.54) is 12.1 Å². The first-order valence-corrected chi connectivity index (χ1v) is 11.2. The number of aromatic nitrogens is 2. The Morgan fingerprint density at radius 2 is 2.00 bits per heavy atom. The topological polar surface area (TPSA) is 69.0 Å². The van der Waals surface area contributed by atoms with E-state index in [1.807, 2.05) is 37.3 Å². The molecule has 0 unspecified atom stereocenters. The Kier molecular flexibility index (Phi) is 9.78. The van der Waals surface area contributed by atoms with Crippen LogP contribution < -0.4 is 4.74 Å². The summed E-state index contributed by atoms with van der Waals surface area (Å²) in [5.41, 5.74) is 2.43. The standard InChI is InChI=1S/C26H32FN3O4/c1-4-14-33-19-23(31)17-29(13-15-32-3)18-25-20(2)28-30(22-10-6-5-7-11-22)26(25)34-24-12-8-9-21(27)16-24/h4-12,16,23,31H,1,13-15,17-19H2,2-3H3/t23-/m1/s1. The second-order valence-electron chi connectivity index (χ2n) is 7.88. The lowest BCUT2D eigenvalue weighted by atomic mass is 10.2.